The topological polar surface area (TPSA) is 87.1 Å². The molecular formula is C19H15BrClF2NO5. The molecule has 1 heterocycles. The number of anilines is 1. The van der Waals surface area contributed by atoms with Crippen LogP contribution >= 0.6 is 27.5 Å². The van der Waals surface area contributed by atoms with Crippen LogP contribution in [0.2, 0.25) is 5.02 Å². The summed E-state index contributed by atoms with van der Waals surface area (Å²) in [6.45, 7) is -1.64. The molecule has 6 nitrogen and oxygen atoms in total. The molecule has 0 unspecified atom stereocenters. The fourth-order valence-electron chi connectivity index (χ4n) is 3.07. The Labute approximate surface area is 177 Å². The van der Waals surface area contributed by atoms with Gasteiger partial charge < -0.3 is 14.9 Å². The van der Waals surface area contributed by atoms with Crippen molar-refractivity contribution in [1.29, 1.82) is 0 Å². The average Bonchev–Trinajstić information content (AvgIpc) is 2.74. The predicted octanol–water partition coefficient (Wildman–Crippen LogP) is 4.67. The summed E-state index contributed by atoms with van der Waals surface area (Å²) in [6, 6.07) is 9.62. The molecule has 154 valence electrons. The van der Waals surface area contributed by atoms with Gasteiger partial charge in [0.2, 0.25) is 0 Å². The molecule has 0 spiro atoms. The van der Waals surface area contributed by atoms with Gasteiger partial charge in [0.05, 0.1) is 11.3 Å². The highest BCUT2D eigenvalue weighted by Crippen LogP contribution is 2.47. The summed E-state index contributed by atoms with van der Waals surface area (Å²) in [5, 5.41) is 20.4. The van der Waals surface area contributed by atoms with E-state index in [0.29, 0.717) is 9.37 Å². The number of carbonyl (C=O) groups is 2. The summed E-state index contributed by atoms with van der Waals surface area (Å²) >= 11 is 9.13. The minimum atomic E-state index is -3.80. The monoisotopic (exact) mass is 489 g/mol. The Morgan fingerprint density at radius 3 is 2.48 bits per heavy atom. The molecule has 10 heteroatoms. The fourth-order valence-corrected chi connectivity index (χ4v) is 3.51. The molecule has 3 rings (SSSR count). The van der Waals surface area contributed by atoms with Crippen LogP contribution in [0.5, 0.6) is 0 Å². The van der Waals surface area contributed by atoms with E-state index in [1.165, 1.54) is 24.3 Å². The maximum Gasteiger partial charge on any atom is 0.411 e. The predicted molar refractivity (Wildman–Crippen MR) is 105 cm³/mol. The van der Waals surface area contributed by atoms with E-state index in [2.05, 4.69) is 15.9 Å². The first-order chi connectivity index (χ1) is 13.5. The largest absolute Gasteiger partial charge is 0.465 e. The highest BCUT2D eigenvalue weighted by molar-refractivity contribution is 9.10. The van der Waals surface area contributed by atoms with Crippen LogP contribution in [0.3, 0.4) is 0 Å². The summed E-state index contributed by atoms with van der Waals surface area (Å²) < 4.78 is 35.6. The molecule has 1 aliphatic heterocycles. The molecule has 0 aromatic heterocycles. The van der Waals surface area contributed by atoms with Gasteiger partial charge in [0, 0.05) is 28.0 Å². The van der Waals surface area contributed by atoms with Gasteiger partial charge in [-0.15, -0.1) is 0 Å². The number of fused-ring (bicyclic) bond motifs is 1. The molecule has 0 bridgehead atoms. The molecule has 1 amide bonds. The fraction of sp³-hybridized carbons (Fsp3) is 0.263. The lowest BCUT2D eigenvalue weighted by Crippen LogP contribution is -2.49. The van der Waals surface area contributed by atoms with Crippen molar-refractivity contribution in [3.63, 3.8) is 0 Å². The average molecular weight is 491 g/mol. The number of hydrogen-bond donors (Lipinski definition) is 2. The second-order valence-electron chi connectivity index (χ2n) is 6.49. The van der Waals surface area contributed by atoms with Crippen LogP contribution in [0.15, 0.2) is 46.9 Å². The molecule has 0 aliphatic carbocycles. The van der Waals surface area contributed by atoms with Crippen molar-refractivity contribution in [2.45, 2.75) is 17.9 Å². The lowest BCUT2D eigenvalue weighted by atomic mass is 9.86. The van der Waals surface area contributed by atoms with Crippen molar-refractivity contribution in [2.75, 3.05) is 18.1 Å². The van der Waals surface area contributed by atoms with Crippen LogP contribution in [-0.4, -0.2) is 41.3 Å². The zero-order valence-electron chi connectivity index (χ0n) is 14.7. The number of ether oxygens (including phenoxy) is 1. The maximum absolute atomic E-state index is 15.0. The van der Waals surface area contributed by atoms with Gasteiger partial charge in [0.25, 0.3) is 5.92 Å². The Balaban J connectivity index is 2.00. The van der Waals surface area contributed by atoms with E-state index in [9.17, 15) is 28.6 Å². The van der Waals surface area contributed by atoms with E-state index in [1.54, 1.807) is 12.1 Å². The number of alkyl halides is 2. The summed E-state index contributed by atoms with van der Waals surface area (Å²) in [4.78, 5) is 24.5. The van der Waals surface area contributed by atoms with Gasteiger partial charge >= 0.3 is 12.1 Å². The number of carbonyl (C=O) groups excluding carboxylic acids is 1. The quantitative estimate of drug-likeness (QED) is 0.611. The number of carboxylic acid groups (broad SMARTS) is 1. The number of benzene rings is 2. The van der Waals surface area contributed by atoms with Gasteiger partial charge in [-0.2, -0.15) is 0 Å². The molecule has 1 aliphatic rings. The number of halogens is 4. The summed E-state index contributed by atoms with van der Waals surface area (Å²) in [5.74, 6) is -4.71. The van der Waals surface area contributed by atoms with Crippen molar-refractivity contribution in [3.8, 4) is 0 Å². The summed E-state index contributed by atoms with van der Waals surface area (Å²) in [7, 11) is 0. The summed E-state index contributed by atoms with van der Waals surface area (Å²) in [5.41, 5.74) is -3.45. The van der Waals surface area contributed by atoms with Crippen molar-refractivity contribution in [2.24, 2.45) is 0 Å². The van der Waals surface area contributed by atoms with Gasteiger partial charge in [-0.3, -0.25) is 4.90 Å². The number of aliphatic hydroxyl groups is 1. The highest BCUT2D eigenvalue weighted by Gasteiger charge is 2.58. The number of hydrogen-bond acceptors (Lipinski definition) is 4. The van der Waals surface area contributed by atoms with Crippen molar-refractivity contribution in [3.05, 3.63) is 63.1 Å². The Morgan fingerprint density at radius 1 is 1.21 bits per heavy atom. The van der Waals surface area contributed by atoms with Crippen LogP contribution < -0.4 is 4.90 Å². The van der Waals surface area contributed by atoms with Crippen LogP contribution in [0, 0.1) is 0 Å². The molecule has 29 heavy (non-hydrogen) atoms. The SMILES string of the molecule is O=C(OC[C@]1(O)c2cc(Cl)ccc2N(C(=O)O)CCC1(F)F)c1ccc(Br)cc1. The Hall–Kier alpha value is -2.23. The van der Waals surface area contributed by atoms with E-state index in [1.807, 2.05) is 0 Å². The van der Waals surface area contributed by atoms with Crippen molar-refractivity contribution < 1.29 is 33.3 Å². The van der Waals surface area contributed by atoms with Gasteiger partial charge in [-0.25, -0.2) is 18.4 Å². The minimum absolute atomic E-state index is 0.0180. The molecule has 2 aromatic carbocycles. The first-order valence-corrected chi connectivity index (χ1v) is 9.56. The molecule has 0 saturated heterocycles. The number of nitrogens with zero attached hydrogens (tertiary/aromatic N) is 1. The van der Waals surface area contributed by atoms with E-state index < -0.39 is 48.7 Å². The minimum Gasteiger partial charge on any atom is -0.465 e. The lowest BCUT2D eigenvalue weighted by molar-refractivity contribution is -0.205. The van der Waals surface area contributed by atoms with E-state index >= 15 is 0 Å². The smallest absolute Gasteiger partial charge is 0.411 e. The highest BCUT2D eigenvalue weighted by atomic mass is 79.9. The van der Waals surface area contributed by atoms with E-state index in [4.69, 9.17) is 16.3 Å². The van der Waals surface area contributed by atoms with Crippen LogP contribution in [0.1, 0.15) is 22.3 Å². The lowest BCUT2D eigenvalue weighted by Gasteiger charge is -2.34. The van der Waals surface area contributed by atoms with Gasteiger partial charge in [-0.05, 0) is 42.5 Å². The zero-order chi connectivity index (χ0) is 21.4. The Morgan fingerprint density at radius 2 is 1.86 bits per heavy atom. The maximum atomic E-state index is 15.0. The Bertz CT molecular complexity index is 956. The molecule has 2 N–H and O–H groups in total. The normalized spacial score (nSPS) is 20.5. The third kappa shape index (κ3) is 4.08. The number of amides is 1. The molecule has 1 atom stereocenters. The Kier molecular flexibility index (Phi) is 5.84. The molecular weight excluding hydrogens is 476 g/mol. The summed E-state index contributed by atoms with van der Waals surface area (Å²) in [6.07, 6.45) is -2.43. The molecule has 0 radical (unpaired) electrons. The first-order valence-electron chi connectivity index (χ1n) is 8.38. The molecule has 0 fully saturated rings. The zero-order valence-corrected chi connectivity index (χ0v) is 17.1. The van der Waals surface area contributed by atoms with Crippen molar-refractivity contribution >= 4 is 45.3 Å². The third-order valence-corrected chi connectivity index (χ3v) is 5.44. The number of rotatable bonds is 3. The number of esters is 1. The van der Waals surface area contributed by atoms with Gasteiger partial charge in [0.15, 0.2) is 5.60 Å². The molecule has 0 saturated carbocycles. The van der Waals surface area contributed by atoms with Crippen LogP contribution in [0.4, 0.5) is 19.3 Å². The third-order valence-electron chi connectivity index (χ3n) is 4.67. The van der Waals surface area contributed by atoms with Crippen LogP contribution in [-0.2, 0) is 10.3 Å². The van der Waals surface area contributed by atoms with E-state index in [-0.39, 0.29) is 16.3 Å². The second kappa shape index (κ2) is 7.89. The molecule has 2 aromatic rings. The standard InChI is InChI=1S/C19H15BrClF2NO5/c20-12-3-1-11(2-4-12)16(25)29-10-18(28)14-9-13(21)5-6-15(14)24(17(26)27)8-7-19(18,22)23/h1-6,9,28H,7-8,10H2,(H,26,27)/t18-/m0/s1. The first kappa shape index (κ1) is 21.5. The second-order valence-corrected chi connectivity index (χ2v) is 7.85. The van der Waals surface area contributed by atoms with Crippen molar-refractivity contribution in [1.82, 2.24) is 0 Å². The van der Waals surface area contributed by atoms with Gasteiger partial charge in [-0.1, -0.05) is 27.5 Å². The van der Waals surface area contributed by atoms with Gasteiger partial charge in [0.1, 0.15) is 6.61 Å². The van der Waals surface area contributed by atoms with E-state index in [0.717, 1.165) is 6.07 Å². The van der Waals surface area contributed by atoms with Crippen LogP contribution in [0.25, 0.3) is 0 Å².